The van der Waals surface area contributed by atoms with E-state index in [-0.39, 0.29) is 12.8 Å². The third-order valence-electron chi connectivity index (χ3n) is 4.79. The molecule has 4 unspecified atom stereocenters. The Hall–Kier alpha value is -2.03. The number of thioether (sulfide) groups is 2. The summed E-state index contributed by atoms with van der Waals surface area (Å²) in [6.45, 7) is 0.381. The van der Waals surface area contributed by atoms with Crippen molar-refractivity contribution < 1.29 is 34.2 Å². The second kappa shape index (κ2) is 18.3. The van der Waals surface area contributed by atoms with Gasteiger partial charge in [-0.15, -0.1) is 0 Å². The standard InChI is InChI=1S/C20H37N5O7S2/c1-33-9-6-12(22)17(28)23-13(5-3-4-8-21)18(29)25-15(11-16(26)27)19(30)24-14(20(31)32)7-10-34-2/h12-15H,3-11,21-22H2,1-2H3,(H,23,28)(H,24,30)(H,25,29)(H,26,27)(H,31,32). The predicted molar refractivity (Wildman–Crippen MR) is 133 cm³/mol. The Morgan fingerprint density at radius 1 is 0.765 bits per heavy atom. The first-order valence-electron chi connectivity index (χ1n) is 10.9. The smallest absolute Gasteiger partial charge is 0.326 e. The summed E-state index contributed by atoms with van der Waals surface area (Å²) in [5.74, 6) is -3.76. The van der Waals surface area contributed by atoms with E-state index in [9.17, 15) is 34.2 Å². The van der Waals surface area contributed by atoms with Crippen LogP contribution in [0.3, 0.4) is 0 Å². The van der Waals surface area contributed by atoms with E-state index in [2.05, 4.69) is 16.0 Å². The van der Waals surface area contributed by atoms with E-state index in [1.807, 2.05) is 6.26 Å². The van der Waals surface area contributed by atoms with Crippen LogP contribution >= 0.6 is 23.5 Å². The highest BCUT2D eigenvalue weighted by atomic mass is 32.2. The van der Waals surface area contributed by atoms with Crippen molar-refractivity contribution in [1.82, 2.24) is 16.0 Å². The van der Waals surface area contributed by atoms with Gasteiger partial charge in [-0.05, 0) is 62.7 Å². The zero-order chi connectivity index (χ0) is 26.1. The van der Waals surface area contributed by atoms with Gasteiger partial charge in [0.05, 0.1) is 12.5 Å². The van der Waals surface area contributed by atoms with Gasteiger partial charge in [-0.3, -0.25) is 19.2 Å². The van der Waals surface area contributed by atoms with Crippen molar-refractivity contribution in [3.63, 3.8) is 0 Å². The second-order valence-corrected chi connectivity index (χ2v) is 9.54. The third kappa shape index (κ3) is 13.6. The lowest BCUT2D eigenvalue weighted by molar-refractivity contribution is -0.143. The average Bonchev–Trinajstić information content (AvgIpc) is 2.78. The number of aliphatic carboxylic acids is 2. The summed E-state index contributed by atoms with van der Waals surface area (Å²) in [6, 6.07) is -4.65. The number of nitrogens with two attached hydrogens (primary N) is 2. The van der Waals surface area contributed by atoms with Crippen LogP contribution in [-0.4, -0.2) is 94.6 Å². The molecule has 0 aliphatic heterocycles. The fraction of sp³-hybridized carbons (Fsp3) is 0.750. The Kier molecular flexibility index (Phi) is 17.2. The first kappa shape index (κ1) is 32.0. The highest BCUT2D eigenvalue weighted by molar-refractivity contribution is 7.98. The summed E-state index contributed by atoms with van der Waals surface area (Å²) in [6.07, 6.45) is 4.72. The molecule has 0 aromatic heterocycles. The topological polar surface area (TPSA) is 214 Å². The monoisotopic (exact) mass is 523 g/mol. The minimum atomic E-state index is -1.53. The number of carbonyl (C=O) groups is 5. The molecule has 12 nitrogen and oxygen atoms in total. The molecule has 0 bridgehead atoms. The number of nitrogens with one attached hydrogen (secondary N) is 3. The summed E-state index contributed by atoms with van der Waals surface area (Å²) in [7, 11) is 0. The summed E-state index contributed by atoms with van der Waals surface area (Å²) in [5.41, 5.74) is 11.4. The quantitative estimate of drug-likeness (QED) is 0.102. The molecule has 0 aliphatic carbocycles. The van der Waals surface area contributed by atoms with Crippen LogP contribution in [0.5, 0.6) is 0 Å². The molecule has 0 heterocycles. The lowest BCUT2D eigenvalue weighted by Gasteiger charge is -2.24. The highest BCUT2D eigenvalue weighted by Crippen LogP contribution is 2.06. The van der Waals surface area contributed by atoms with Crippen molar-refractivity contribution in [2.45, 2.75) is 62.7 Å². The van der Waals surface area contributed by atoms with Crippen LogP contribution in [0.4, 0.5) is 0 Å². The summed E-state index contributed by atoms with van der Waals surface area (Å²) in [5, 5.41) is 25.7. The van der Waals surface area contributed by atoms with E-state index >= 15 is 0 Å². The number of carbonyl (C=O) groups excluding carboxylic acids is 3. The Labute approximate surface area is 208 Å². The fourth-order valence-electron chi connectivity index (χ4n) is 2.84. The van der Waals surface area contributed by atoms with Gasteiger partial charge in [0, 0.05) is 0 Å². The molecule has 0 fully saturated rings. The van der Waals surface area contributed by atoms with Gasteiger partial charge in [0.2, 0.25) is 17.7 Å². The number of carboxylic acids is 2. The predicted octanol–water partition coefficient (Wildman–Crippen LogP) is -1.04. The number of amides is 3. The Morgan fingerprint density at radius 3 is 1.82 bits per heavy atom. The number of carboxylic acid groups (broad SMARTS) is 2. The molecule has 34 heavy (non-hydrogen) atoms. The van der Waals surface area contributed by atoms with Gasteiger partial charge in [-0.1, -0.05) is 0 Å². The van der Waals surface area contributed by atoms with E-state index < -0.39 is 60.2 Å². The van der Waals surface area contributed by atoms with E-state index in [4.69, 9.17) is 11.5 Å². The Balaban J connectivity index is 5.44. The molecular formula is C20H37N5O7S2. The van der Waals surface area contributed by atoms with Crippen molar-refractivity contribution in [3.05, 3.63) is 0 Å². The van der Waals surface area contributed by atoms with Gasteiger partial charge in [-0.25, -0.2) is 4.79 Å². The van der Waals surface area contributed by atoms with E-state index in [0.29, 0.717) is 37.3 Å². The second-order valence-electron chi connectivity index (χ2n) is 7.57. The van der Waals surface area contributed by atoms with Crippen LogP contribution in [0.2, 0.25) is 0 Å². The van der Waals surface area contributed by atoms with Crippen molar-refractivity contribution in [2.75, 3.05) is 30.6 Å². The number of unbranched alkanes of at least 4 members (excludes halogenated alkanes) is 1. The summed E-state index contributed by atoms with van der Waals surface area (Å²) in [4.78, 5) is 60.7. The largest absolute Gasteiger partial charge is 0.481 e. The van der Waals surface area contributed by atoms with Crippen molar-refractivity contribution in [2.24, 2.45) is 11.5 Å². The van der Waals surface area contributed by atoms with Crippen molar-refractivity contribution >= 4 is 53.2 Å². The molecule has 3 amide bonds. The van der Waals surface area contributed by atoms with Gasteiger partial charge < -0.3 is 37.6 Å². The van der Waals surface area contributed by atoms with Gasteiger partial charge in [0.1, 0.15) is 18.1 Å². The van der Waals surface area contributed by atoms with E-state index in [1.54, 1.807) is 6.26 Å². The molecule has 196 valence electrons. The minimum Gasteiger partial charge on any atom is -0.481 e. The van der Waals surface area contributed by atoms with E-state index in [0.717, 1.165) is 0 Å². The van der Waals surface area contributed by atoms with E-state index in [1.165, 1.54) is 23.5 Å². The normalized spacial score (nSPS) is 14.4. The molecule has 9 N–H and O–H groups in total. The molecule has 0 spiro atoms. The Morgan fingerprint density at radius 2 is 1.29 bits per heavy atom. The summed E-state index contributed by atoms with van der Waals surface area (Å²) < 4.78 is 0. The van der Waals surface area contributed by atoms with Crippen LogP contribution in [-0.2, 0) is 24.0 Å². The maximum absolute atomic E-state index is 12.9. The van der Waals surface area contributed by atoms with Crippen molar-refractivity contribution in [1.29, 1.82) is 0 Å². The number of rotatable bonds is 19. The first-order valence-corrected chi connectivity index (χ1v) is 13.6. The van der Waals surface area contributed by atoms with Gasteiger partial charge >= 0.3 is 11.9 Å². The number of hydrogen-bond acceptors (Lipinski definition) is 9. The van der Waals surface area contributed by atoms with Gasteiger partial charge in [0.25, 0.3) is 0 Å². The molecule has 0 saturated carbocycles. The molecule has 0 aromatic carbocycles. The summed E-state index contributed by atoms with van der Waals surface area (Å²) >= 11 is 2.91. The van der Waals surface area contributed by atoms with Crippen LogP contribution in [0, 0.1) is 0 Å². The van der Waals surface area contributed by atoms with Crippen LogP contribution in [0.1, 0.15) is 38.5 Å². The molecule has 14 heteroatoms. The minimum absolute atomic E-state index is 0.127. The maximum Gasteiger partial charge on any atom is 0.326 e. The zero-order valence-corrected chi connectivity index (χ0v) is 21.2. The van der Waals surface area contributed by atoms with Crippen LogP contribution in [0.15, 0.2) is 0 Å². The third-order valence-corrected chi connectivity index (χ3v) is 6.07. The molecular weight excluding hydrogens is 486 g/mol. The molecule has 0 saturated heterocycles. The first-order chi connectivity index (χ1) is 16.1. The number of hydrogen-bond donors (Lipinski definition) is 7. The van der Waals surface area contributed by atoms with Gasteiger partial charge in [-0.2, -0.15) is 23.5 Å². The van der Waals surface area contributed by atoms with Crippen LogP contribution < -0.4 is 27.4 Å². The van der Waals surface area contributed by atoms with Crippen molar-refractivity contribution in [3.8, 4) is 0 Å². The molecule has 4 atom stereocenters. The lowest BCUT2D eigenvalue weighted by Crippen LogP contribution is -2.57. The molecule has 0 aliphatic rings. The Bertz CT molecular complexity index is 684. The molecule has 0 rings (SSSR count). The SMILES string of the molecule is CSCCC(N)C(=O)NC(CCCCN)C(=O)NC(CC(=O)O)C(=O)NC(CCSC)C(=O)O. The fourth-order valence-corrected chi connectivity index (χ4v) is 3.80. The molecule has 0 radical (unpaired) electrons. The lowest BCUT2D eigenvalue weighted by atomic mass is 10.1. The average molecular weight is 524 g/mol. The highest BCUT2D eigenvalue weighted by Gasteiger charge is 2.31. The molecule has 0 aromatic rings. The zero-order valence-electron chi connectivity index (χ0n) is 19.6. The van der Waals surface area contributed by atoms with Crippen LogP contribution in [0.25, 0.3) is 0 Å². The van der Waals surface area contributed by atoms with Gasteiger partial charge in [0.15, 0.2) is 0 Å². The maximum atomic E-state index is 12.9.